The molecule has 0 saturated heterocycles. The molecule has 0 radical (unpaired) electrons. The lowest BCUT2D eigenvalue weighted by Gasteiger charge is -2.20. The Hall–Kier alpha value is -4.73. The van der Waals surface area contributed by atoms with Crippen molar-refractivity contribution in [3.63, 3.8) is 0 Å². The van der Waals surface area contributed by atoms with Gasteiger partial charge in [0, 0.05) is 12.8 Å². The molecule has 0 bridgehead atoms. The predicted molar refractivity (Wildman–Crippen MR) is 194 cm³/mol. The van der Waals surface area contributed by atoms with Crippen molar-refractivity contribution in [2.45, 2.75) is 98.0 Å². The highest BCUT2D eigenvalue weighted by atomic mass is 16.7. The van der Waals surface area contributed by atoms with Crippen LogP contribution in [0.5, 0.6) is 23.0 Å². The summed E-state index contributed by atoms with van der Waals surface area (Å²) in [7, 11) is 0. The van der Waals surface area contributed by atoms with Crippen LogP contribution in [0.25, 0.3) is 11.1 Å². The second kappa shape index (κ2) is 19.6. The minimum atomic E-state index is -0.631. The zero-order valence-electron chi connectivity index (χ0n) is 30.7. The topological polar surface area (TPSA) is 116 Å². The van der Waals surface area contributed by atoms with Crippen LogP contribution in [-0.2, 0) is 36.6 Å². The van der Waals surface area contributed by atoms with Crippen LogP contribution < -0.4 is 18.9 Å². The predicted octanol–water partition coefficient (Wildman–Crippen LogP) is 8.44. The Morgan fingerprint density at radius 3 is 2.20 bits per heavy atom. The first kappa shape index (κ1) is 39.1. The van der Waals surface area contributed by atoms with Crippen molar-refractivity contribution in [1.29, 1.82) is 0 Å². The highest BCUT2D eigenvalue weighted by Gasteiger charge is 2.21. The molecular formula is C41H52O10. The number of unbranched alkanes of at least 4 members (excludes halogenated alkanes) is 3. The molecule has 0 amide bonds. The molecular weight excluding hydrogens is 652 g/mol. The van der Waals surface area contributed by atoms with Crippen molar-refractivity contribution >= 4 is 17.9 Å². The van der Waals surface area contributed by atoms with Crippen molar-refractivity contribution in [3.8, 4) is 34.1 Å². The van der Waals surface area contributed by atoms with Gasteiger partial charge in [-0.3, -0.25) is 9.59 Å². The van der Waals surface area contributed by atoms with Crippen LogP contribution in [0.15, 0.2) is 54.6 Å². The molecule has 0 saturated carbocycles. The molecule has 0 fully saturated rings. The number of esters is 3. The molecule has 0 unspecified atom stereocenters. The smallest absolute Gasteiger partial charge is 0.338 e. The van der Waals surface area contributed by atoms with Crippen LogP contribution in [0.2, 0.25) is 0 Å². The number of rotatable bonds is 20. The summed E-state index contributed by atoms with van der Waals surface area (Å²) in [5.74, 6) is 1.80. The van der Waals surface area contributed by atoms with E-state index in [-0.39, 0.29) is 25.2 Å². The molecule has 0 atom stereocenters. The lowest BCUT2D eigenvalue weighted by atomic mass is 9.96. The second-order valence-electron chi connectivity index (χ2n) is 13.3. The van der Waals surface area contributed by atoms with E-state index in [0.29, 0.717) is 68.5 Å². The van der Waals surface area contributed by atoms with Gasteiger partial charge in [0.05, 0.1) is 32.0 Å². The van der Waals surface area contributed by atoms with Gasteiger partial charge in [-0.05, 0) is 125 Å². The summed E-state index contributed by atoms with van der Waals surface area (Å²) >= 11 is 0. The Bertz CT molecular complexity index is 1610. The maximum atomic E-state index is 13.0. The van der Waals surface area contributed by atoms with Gasteiger partial charge < -0.3 is 33.2 Å². The molecule has 1 aliphatic rings. The van der Waals surface area contributed by atoms with E-state index in [4.69, 9.17) is 33.2 Å². The summed E-state index contributed by atoms with van der Waals surface area (Å²) in [6.07, 6.45) is 6.24. The van der Waals surface area contributed by atoms with Crippen LogP contribution in [-0.4, -0.2) is 56.7 Å². The lowest BCUT2D eigenvalue weighted by molar-refractivity contribution is -0.144. The molecule has 3 aromatic carbocycles. The fourth-order valence-corrected chi connectivity index (χ4v) is 5.70. The minimum absolute atomic E-state index is 0.183. The van der Waals surface area contributed by atoms with Gasteiger partial charge in [-0.25, -0.2) is 4.79 Å². The fourth-order valence-electron chi connectivity index (χ4n) is 5.70. The van der Waals surface area contributed by atoms with Crippen molar-refractivity contribution in [2.24, 2.45) is 0 Å². The van der Waals surface area contributed by atoms with E-state index in [2.05, 4.69) is 6.07 Å². The Morgan fingerprint density at radius 2 is 1.43 bits per heavy atom. The number of aryl methyl sites for hydroxylation is 1. The first-order valence-corrected chi connectivity index (χ1v) is 18.0. The lowest BCUT2D eigenvalue weighted by Crippen LogP contribution is -2.24. The highest BCUT2D eigenvalue weighted by molar-refractivity contribution is 5.92. The number of carbonyl (C=O) groups is 3. The Balaban J connectivity index is 1.32. The number of benzene rings is 3. The van der Waals surface area contributed by atoms with Crippen molar-refractivity contribution in [1.82, 2.24) is 0 Å². The second-order valence-corrected chi connectivity index (χ2v) is 13.3. The van der Waals surface area contributed by atoms with E-state index in [0.717, 1.165) is 60.1 Å². The summed E-state index contributed by atoms with van der Waals surface area (Å²) in [6.45, 7) is 10.9. The van der Waals surface area contributed by atoms with Gasteiger partial charge in [0.15, 0.2) is 11.5 Å². The van der Waals surface area contributed by atoms with Crippen molar-refractivity contribution in [2.75, 3.05) is 33.2 Å². The van der Waals surface area contributed by atoms with Gasteiger partial charge in [0.25, 0.3) is 0 Å². The fraction of sp³-hybridized carbons (Fsp3) is 0.488. The molecule has 0 spiro atoms. The number of fused-ring (bicyclic) bond motifs is 1. The SMILES string of the molecule is CCOC(=O)CCCOc1cccc(CCCCCCOc2cc(C(=O)OC(C)(C)C)cc(-c3ccc4c(c3)OCO4)c2)c1CCC(=O)OCC. The van der Waals surface area contributed by atoms with Gasteiger partial charge in [0.1, 0.15) is 17.1 Å². The number of hydrogen-bond donors (Lipinski definition) is 0. The molecule has 1 aliphatic heterocycles. The largest absolute Gasteiger partial charge is 0.494 e. The summed E-state index contributed by atoms with van der Waals surface area (Å²) in [5, 5.41) is 0. The normalized spacial score (nSPS) is 11.9. The van der Waals surface area contributed by atoms with E-state index < -0.39 is 11.6 Å². The molecule has 0 aliphatic carbocycles. The van der Waals surface area contributed by atoms with Crippen LogP contribution in [0.1, 0.15) is 101 Å². The molecule has 51 heavy (non-hydrogen) atoms. The molecule has 1 heterocycles. The van der Waals surface area contributed by atoms with Gasteiger partial charge in [-0.2, -0.15) is 0 Å². The maximum Gasteiger partial charge on any atom is 0.338 e. The summed E-state index contributed by atoms with van der Waals surface area (Å²) in [4.78, 5) is 36.9. The number of hydrogen-bond acceptors (Lipinski definition) is 10. The van der Waals surface area contributed by atoms with Crippen molar-refractivity contribution in [3.05, 3.63) is 71.3 Å². The summed E-state index contributed by atoms with van der Waals surface area (Å²) in [5.41, 5.74) is 3.63. The Kier molecular flexibility index (Phi) is 15.0. The first-order chi connectivity index (χ1) is 24.6. The third-order valence-corrected chi connectivity index (χ3v) is 8.06. The van der Waals surface area contributed by atoms with E-state index >= 15 is 0 Å². The van der Waals surface area contributed by atoms with E-state index in [1.165, 1.54) is 0 Å². The first-order valence-electron chi connectivity index (χ1n) is 18.0. The van der Waals surface area contributed by atoms with Crippen LogP contribution >= 0.6 is 0 Å². The quantitative estimate of drug-likeness (QED) is 0.0645. The molecule has 276 valence electrons. The van der Waals surface area contributed by atoms with Gasteiger partial charge in [0.2, 0.25) is 6.79 Å². The minimum Gasteiger partial charge on any atom is -0.494 e. The van der Waals surface area contributed by atoms with Crippen molar-refractivity contribution < 1.29 is 47.5 Å². The molecule has 0 aromatic heterocycles. The van der Waals surface area contributed by atoms with Crippen LogP contribution in [0.4, 0.5) is 0 Å². The van der Waals surface area contributed by atoms with E-state index in [9.17, 15) is 14.4 Å². The maximum absolute atomic E-state index is 13.0. The average Bonchev–Trinajstić information content (AvgIpc) is 3.57. The monoisotopic (exact) mass is 704 g/mol. The highest BCUT2D eigenvalue weighted by Crippen LogP contribution is 2.37. The average molecular weight is 705 g/mol. The zero-order chi connectivity index (χ0) is 36.6. The molecule has 4 rings (SSSR count). The van der Waals surface area contributed by atoms with Crippen LogP contribution in [0, 0.1) is 0 Å². The van der Waals surface area contributed by atoms with Gasteiger partial charge in [-0.1, -0.05) is 31.0 Å². The number of carbonyl (C=O) groups excluding carboxylic acids is 3. The molecule has 10 heteroatoms. The van der Waals surface area contributed by atoms with E-state index in [1.54, 1.807) is 19.9 Å². The third kappa shape index (κ3) is 12.8. The zero-order valence-corrected chi connectivity index (χ0v) is 30.7. The Morgan fingerprint density at radius 1 is 0.706 bits per heavy atom. The number of ether oxygens (including phenoxy) is 7. The Labute approximate surface area is 301 Å². The van der Waals surface area contributed by atoms with E-state index in [1.807, 2.05) is 63.2 Å². The molecule has 0 N–H and O–H groups in total. The van der Waals surface area contributed by atoms with Gasteiger partial charge >= 0.3 is 17.9 Å². The van der Waals surface area contributed by atoms with Gasteiger partial charge in [-0.15, -0.1) is 0 Å². The summed E-state index contributed by atoms with van der Waals surface area (Å²) in [6, 6.07) is 17.1. The molecule has 3 aromatic rings. The summed E-state index contributed by atoms with van der Waals surface area (Å²) < 4.78 is 39.1. The van der Waals surface area contributed by atoms with Crippen LogP contribution in [0.3, 0.4) is 0 Å². The standard InChI is InChI=1S/C41H52O10/c1-6-45-38(42)17-13-23-48-35-16-12-15-29(34(35)19-21-39(43)46-7-2)14-10-8-9-11-22-47-33-25-31(24-32(26-33)40(44)51-41(3,4)5)30-18-20-36-37(27-30)50-28-49-36/h12,15-16,18,20,24-27H,6-11,13-14,17,19,21-23,28H2,1-5H3. The molecule has 10 nitrogen and oxygen atoms in total. The third-order valence-electron chi connectivity index (χ3n) is 8.06.